The van der Waals surface area contributed by atoms with E-state index in [2.05, 4.69) is 35.1 Å². The lowest BCUT2D eigenvalue weighted by atomic mass is 10.1. The Kier molecular flexibility index (Phi) is 4.48. The predicted molar refractivity (Wildman–Crippen MR) is 93.1 cm³/mol. The van der Waals surface area contributed by atoms with E-state index in [0.29, 0.717) is 6.04 Å². The topological polar surface area (TPSA) is 43.2 Å². The number of aromatic nitrogens is 3. The third-order valence-electron chi connectivity index (χ3n) is 4.70. The summed E-state index contributed by atoms with van der Waals surface area (Å²) in [4.78, 5) is 2.16. The van der Waals surface area contributed by atoms with Gasteiger partial charge in [-0.3, -0.25) is 0 Å². The van der Waals surface area contributed by atoms with Gasteiger partial charge in [0, 0.05) is 12.1 Å². The zero-order chi connectivity index (χ0) is 16.6. The van der Waals surface area contributed by atoms with Gasteiger partial charge in [-0.15, -0.1) is 5.10 Å². The van der Waals surface area contributed by atoms with Gasteiger partial charge in [0.25, 0.3) is 0 Å². The van der Waals surface area contributed by atoms with Gasteiger partial charge in [0.1, 0.15) is 5.75 Å². The highest BCUT2D eigenvalue weighted by Crippen LogP contribution is 2.44. The second-order valence-electron chi connectivity index (χ2n) is 5.95. The van der Waals surface area contributed by atoms with Crippen molar-refractivity contribution in [1.29, 1.82) is 0 Å². The van der Waals surface area contributed by atoms with Crippen molar-refractivity contribution in [3.63, 3.8) is 0 Å². The molecule has 0 saturated heterocycles. The molecular weight excluding hydrogens is 312 g/mol. The Labute approximate surface area is 142 Å². The van der Waals surface area contributed by atoms with E-state index in [1.165, 1.54) is 5.56 Å². The maximum atomic E-state index is 6.61. The van der Waals surface area contributed by atoms with Crippen LogP contribution in [0.1, 0.15) is 43.9 Å². The lowest BCUT2D eigenvalue weighted by Crippen LogP contribution is -2.14. The molecule has 1 aliphatic rings. The van der Waals surface area contributed by atoms with Gasteiger partial charge < -0.3 is 9.64 Å². The van der Waals surface area contributed by atoms with Crippen LogP contribution < -0.4 is 9.64 Å². The molecule has 0 spiro atoms. The van der Waals surface area contributed by atoms with Gasteiger partial charge in [0.15, 0.2) is 5.82 Å². The standard InChI is InChI=1S/C17H23ClN4O/c1-5-13(6-2)22-10-15(19-20-22)21-8-7-12-9-14(23-4)11(3)16(18)17(12)21/h9-10,13H,5-8H2,1-4H3. The second-order valence-corrected chi connectivity index (χ2v) is 6.33. The summed E-state index contributed by atoms with van der Waals surface area (Å²) in [6, 6.07) is 2.48. The third kappa shape index (κ3) is 2.67. The number of methoxy groups -OCH3 is 1. The molecule has 0 saturated carbocycles. The summed E-state index contributed by atoms with van der Waals surface area (Å²) in [5.41, 5.74) is 3.21. The number of halogens is 1. The molecule has 2 aromatic rings. The molecule has 0 bridgehead atoms. The number of anilines is 2. The summed E-state index contributed by atoms with van der Waals surface area (Å²) < 4.78 is 7.39. The Hall–Kier alpha value is -1.75. The van der Waals surface area contributed by atoms with E-state index in [1.54, 1.807) is 7.11 Å². The van der Waals surface area contributed by atoms with Crippen molar-refractivity contribution in [1.82, 2.24) is 15.0 Å². The minimum Gasteiger partial charge on any atom is -0.496 e. The number of fused-ring (bicyclic) bond motifs is 1. The highest BCUT2D eigenvalue weighted by Gasteiger charge is 2.28. The van der Waals surface area contributed by atoms with E-state index in [-0.39, 0.29) is 0 Å². The Balaban J connectivity index is 1.98. The first kappa shape index (κ1) is 16.1. The maximum Gasteiger partial charge on any atom is 0.175 e. The van der Waals surface area contributed by atoms with Crippen LogP contribution in [0.15, 0.2) is 12.3 Å². The Morgan fingerprint density at radius 1 is 1.35 bits per heavy atom. The first-order valence-corrected chi connectivity index (χ1v) is 8.53. The van der Waals surface area contributed by atoms with Crippen molar-refractivity contribution >= 4 is 23.1 Å². The largest absolute Gasteiger partial charge is 0.496 e. The number of ether oxygens (including phenoxy) is 1. The van der Waals surface area contributed by atoms with Crippen molar-refractivity contribution in [3.05, 3.63) is 28.4 Å². The number of hydrogen-bond donors (Lipinski definition) is 0. The summed E-state index contributed by atoms with van der Waals surface area (Å²) in [5, 5.41) is 9.44. The fraction of sp³-hybridized carbons (Fsp3) is 0.529. The number of hydrogen-bond acceptors (Lipinski definition) is 4. The van der Waals surface area contributed by atoms with E-state index in [4.69, 9.17) is 16.3 Å². The molecular formula is C17H23ClN4O. The van der Waals surface area contributed by atoms with Gasteiger partial charge in [0.05, 0.1) is 30.1 Å². The molecule has 1 aliphatic heterocycles. The van der Waals surface area contributed by atoms with Gasteiger partial charge in [-0.2, -0.15) is 0 Å². The van der Waals surface area contributed by atoms with E-state index in [1.807, 2.05) is 17.8 Å². The second kappa shape index (κ2) is 6.40. The van der Waals surface area contributed by atoms with E-state index in [9.17, 15) is 0 Å². The fourth-order valence-corrected chi connectivity index (χ4v) is 3.58. The molecule has 0 aliphatic carbocycles. The highest BCUT2D eigenvalue weighted by molar-refractivity contribution is 6.34. The summed E-state index contributed by atoms with van der Waals surface area (Å²) in [6.07, 6.45) is 5.06. The number of rotatable bonds is 5. The van der Waals surface area contributed by atoms with Crippen LogP contribution >= 0.6 is 11.6 Å². The lowest BCUT2D eigenvalue weighted by molar-refractivity contribution is 0.411. The van der Waals surface area contributed by atoms with Crippen molar-refractivity contribution < 1.29 is 4.74 Å². The van der Waals surface area contributed by atoms with Gasteiger partial charge in [-0.1, -0.05) is 30.7 Å². The monoisotopic (exact) mass is 334 g/mol. The Morgan fingerprint density at radius 3 is 2.74 bits per heavy atom. The van der Waals surface area contributed by atoms with Crippen LogP contribution in [-0.2, 0) is 6.42 Å². The Bertz CT molecular complexity index is 709. The molecule has 0 N–H and O–H groups in total. The molecule has 0 fully saturated rings. The lowest BCUT2D eigenvalue weighted by Gasteiger charge is -2.19. The van der Waals surface area contributed by atoms with E-state index in [0.717, 1.165) is 53.6 Å². The maximum absolute atomic E-state index is 6.61. The summed E-state index contributed by atoms with van der Waals surface area (Å²) in [7, 11) is 1.68. The smallest absolute Gasteiger partial charge is 0.175 e. The van der Waals surface area contributed by atoms with Gasteiger partial charge in [-0.05, 0) is 37.8 Å². The molecule has 0 amide bonds. The fourth-order valence-electron chi connectivity index (χ4n) is 3.26. The zero-order valence-corrected chi connectivity index (χ0v) is 14.9. The van der Waals surface area contributed by atoms with Crippen molar-refractivity contribution in [2.45, 2.75) is 46.1 Å². The third-order valence-corrected chi connectivity index (χ3v) is 5.16. The van der Waals surface area contributed by atoms with Gasteiger partial charge in [-0.25, -0.2) is 4.68 Å². The Morgan fingerprint density at radius 2 is 2.09 bits per heavy atom. The van der Waals surface area contributed by atoms with Gasteiger partial charge in [0.2, 0.25) is 0 Å². The minimum absolute atomic E-state index is 0.395. The van der Waals surface area contributed by atoms with Crippen LogP contribution in [0.4, 0.5) is 11.5 Å². The van der Waals surface area contributed by atoms with Crippen molar-refractivity contribution in [2.24, 2.45) is 0 Å². The number of nitrogens with zero attached hydrogens (tertiary/aromatic N) is 4. The zero-order valence-electron chi connectivity index (χ0n) is 14.1. The average molecular weight is 335 g/mol. The molecule has 3 rings (SSSR count). The molecule has 124 valence electrons. The molecule has 5 nitrogen and oxygen atoms in total. The summed E-state index contributed by atoms with van der Waals surface area (Å²) in [6.45, 7) is 7.20. The summed E-state index contributed by atoms with van der Waals surface area (Å²) >= 11 is 6.61. The molecule has 0 unspecified atom stereocenters. The predicted octanol–water partition coefficient (Wildman–Crippen LogP) is 4.30. The molecule has 23 heavy (non-hydrogen) atoms. The van der Waals surface area contributed by atoms with E-state index >= 15 is 0 Å². The molecule has 6 heteroatoms. The quantitative estimate of drug-likeness (QED) is 0.817. The molecule has 2 heterocycles. The normalized spacial score (nSPS) is 13.7. The first-order chi connectivity index (χ1) is 11.1. The average Bonchev–Trinajstić information content (AvgIpc) is 3.18. The number of benzene rings is 1. The van der Waals surface area contributed by atoms with Crippen LogP contribution in [0.5, 0.6) is 5.75 Å². The highest BCUT2D eigenvalue weighted by atomic mass is 35.5. The van der Waals surface area contributed by atoms with E-state index < -0.39 is 0 Å². The minimum atomic E-state index is 0.395. The van der Waals surface area contributed by atoms with Crippen molar-refractivity contribution in [3.8, 4) is 5.75 Å². The first-order valence-electron chi connectivity index (χ1n) is 8.16. The molecule has 1 aromatic carbocycles. The molecule has 1 aromatic heterocycles. The van der Waals surface area contributed by atoms with Crippen LogP contribution in [0.2, 0.25) is 5.02 Å². The van der Waals surface area contributed by atoms with Gasteiger partial charge >= 0.3 is 0 Å². The van der Waals surface area contributed by atoms with Crippen molar-refractivity contribution in [2.75, 3.05) is 18.6 Å². The SMILES string of the molecule is CCC(CC)n1cc(N2CCc3cc(OC)c(C)c(Cl)c32)nn1. The molecule has 0 radical (unpaired) electrons. The van der Waals surface area contributed by atoms with Crippen LogP contribution in [0, 0.1) is 6.92 Å². The van der Waals surface area contributed by atoms with Crippen LogP contribution in [0.3, 0.4) is 0 Å². The molecule has 0 atom stereocenters. The van der Waals surface area contributed by atoms with Crippen LogP contribution in [0.25, 0.3) is 0 Å². The summed E-state index contributed by atoms with van der Waals surface area (Å²) in [5.74, 6) is 1.71. The van der Waals surface area contributed by atoms with Crippen LogP contribution in [-0.4, -0.2) is 28.6 Å².